The second-order valence-electron chi connectivity index (χ2n) is 7.13. The fraction of sp³-hybridized carbons (Fsp3) is 0.115. The highest BCUT2D eigenvalue weighted by atomic mass is 16.5. The predicted octanol–water partition coefficient (Wildman–Crippen LogP) is 4.57. The van der Waals surface area contributed by atoms with Crippen LogP contribution < -0.4 is 20.1 Å². The second-order valence-corrected chi connectivity index (χ2v) is 7.13. The van der Waals surface area contributed by atoms with Gasteiger partial charge in [-0.15, -0.1) is 0 Å². The van der Waals surface area contributed by atoms with E-state index in [2.05, 4.69) is 10.6 Å². The Morgan fingerprint density at radius 1 is 0.939 bits per heavy atom. The van der Waals surface area contributed by atoms with Gasteiger partial charge in [0, 0.05) is 17.4 Å². The third kappa shape index (κ3) is 6.97. The zero-order chi connectivity index (χ0) is 23.6. The molecule has 0 aliphatic heterocycles. The molecule has 33 heavy (non-hydrogen) atoms. The molecule has 0 heterocycles. The van der Waals surface area contributed by atoms with Gasteiger partial charge >= 0.3 is 0 Å². The molecular formula is C26H23N3O4. The van der Waals surface area contributed by atoms with Gasteiger partial charge in [0.05, 0.1) is 7.11 Å². The minimum Gasteiger partial charge on any atom is -0.497 e. The number of rotatable bonds is 8. The van der Waals surface area contributed by atoms with Crippen LogP contribution in [0.25, 0.3) is 6.08 Å². The molecule has 0 aliphatic rings. The van der Waals surface area contributed by atoms with E-state index < -0.39 is 5.91 Å². The maximum absolute atomic E-state index is 12.4. The van der Waals surface area contributed by atoms with Crippen LogP contribution in [0.5, 0.6) is 11.5 Å². The number of nitriles is 1. The molecule has 3 aromatic carbocycles. The summed E-state index contributed by atoms with van der Waals surface area (Å²) in [6, 6.07) is 23.0. The predicted molar refractivity (Wildman–Crippen MR) is 127 cm³/mol. The Kier molecular flexibility index (Phi) is 7.81. The molecule has 0 bridgehead atoms. The minimum absolute atomic E-state index is 0.0519. The van der Waals surface area contributed by atoms with Crippen LogP contribution in [0, 0.1) is 18.3 Å². The number of amides is 2. The van der Waals surface area contributed by atoms with Crippen LogP contribution in [-0.2, 0) is 9.59 Å². The molecule has 3 aromatic rings. The van der Waals surface area contributed by atoms with Crippen LogP contribution in [-0.4, -0.2) is 25.5 Å². The molecule has 0 spiro atoms. The highest BCUT2D eigenvalue weighted by Gasteiger charge is 2.10. The van der Waals surface area contributed by atoms with E-state index in [1.807, 2.05) is 37.3 Å². The van der Waals surface area contributed by atoms with Gasteiger partial charge in [-0.3, -0.25) is 9.59 Å². The first-order valence-corrected chi connectivity index (χ1v) is 10.1. The number of anilines is 2. The van der Waals surface area contributed by atoms with Crippen molar-refractivity contribution in [3.8, 4) is 17.6 Å². The normalized spacial score (nSPS) is 10.6. The summed E-state index contributed by atoms with van der Waals surface area (Å²) in [6.07, 6.45) is 1.48. The first-order valence-electron chi connectivity index (χ1n) is 10.1. The Balaban J connectivity index is 1.57. The lowest BCUT2D eigenvalue weighted by atomic mass is 10.1. The van der Waals surface area contributed by atoms with Crippen molar-refractivity contribution in [3.63, 3.8) is 0 Å². The smallest absolute Gasteiger partial charge is 0.266 e. The number of methoxy groups -OCH3 is 1. The minimum atomic E-state index is -0.529. The zero-order valence-corrected chi connectivity index (χ0v) is 18.3. The molecule has 0 aliphatic carbocycles. The standard InChI is InChI=1S/C26H23N3O4/c1-18-6-10-21(11-7-18)28-25(30)17-33-23-12-8-19(9-13-23)14-20(16-27)26(31)29-22-4-3-5-24(15-22)32-2/h3-15H,17H2,1-2H3,(H,28,30)(H,29,31)/b20-14+. The van der Waals surface area contributed by atoms with Crippen molar-refractivity contribution >= 4 is 29.3 Å². The van der Waals surface area contributed by atoms with E-state index in [0.29, 0.717) is 28.4 Å². The van der Waals surface area contributed by atoms with Gasteiger partial charge in [-0.2, -0.15) is 5.26 Å². The van der Waals surface area contributed by atoms with E-state index >= 15 is 0 Å². The van der Waals surface area contributed by atoms with Gasteiger partial charge in [0.2, 0.25) is 0 Å². The summed E-state index contributed by atoms with van der Waals surface area (Å²) in [5, 5.41) is 14.8. The number of ether oxygens (including phenoxy) is 2. The van der Waals surface area contributed by atoms with Crippen molar-refractivity contribution < 1.29 is 19.1 Å². The lowest BCUT2D eigenvalue weighted by Gasteiger charge is -2.08. The number of hydrogen-bond acceptors (Lipinski definition) is 5. The third-order valence-corrected chi connectivity index (χ3v) is 4.59. The Morgan fingerprint density at radius 3 is 2.33 bits per heavy atom. The molecule has 2 amide bonds. The number of carbonyl (C=O) groups is 2. The Hall–Kier alpha value is -4.57. The van der Waals surface area contributed by atoms with Gasteiger partial charge in [0.15, 0.2) is 6.61 Å². The SMILES string of the molecule is COc1cccc(NC(=O)/C(C#N)=C/c2ccc(OCC(=O)Nc3ccc(C)cc3)cc2)c1. The largest absolute Gasteiger partial charge is 0.497 e. The monoisotopic (exact) mass is 441 g/mol. The van der Waals surface area contributed by atoms with Crippen molar-refractivity contribution in [2.75, 3.05) is 24.4 Å². The number of benzene rings is 3. The van der Waals surface area contributed by atoms with Crippen LogP contribution >= 0.6 is 0 Å². The summed E-state index contributed by atoms with van der Waals surface area (Å²) in [5.74, 6) is 0.284. The van der Waals surface area contributed by atoms with Crippen molar-refractivity contribution in [3.05, 3.63) is 89.5 Å². The second kappa shape index (κ2) is 11.2. The van der Waals surface area contributed by atoms with E-state index in [0.717, 1.165) is 5.56 Å². The molecular weight excluding hydrogens is 418 g/mol. The van der Waals surface area contributed by atoms with Crippen LogP contribution in [0.1, 0.15) is 11.1 Å². The van der Waals surface area contributed by atoms with E-state index in [4.69, 9.17) is 9.47 Å². The van der Waals surface area contributed by atoms with E-state index in [9.17, 15) is 14.9 Å². The van der Waals surface area contributed by atoms with Gasteiger partial charge in [0.1, 0.15) is 23.1 Å². The van der Waals surface area contributed by atoms with Crippen LogP contribution in [0.3, 0.4) is 0 Å². The first-order chi connectivity index (χ1) is 16.0. The maximum Gasteiger partial charge on any atom is 0.266 e. The molecule has 0 atom stereocenters. The van der Waals surface area contributed by atoms with Gasteiger partial charge in [0.25, 0.3) is 11.8 Å². The average molecular weight is 441 g/mol. The van der Waals surface area contributed by atoms with Crippen LogP contribution in [0.4, 0.5) is 11.4 Å². The molecule has 2 N–H and O–H groups in total. The van der Waals surface area contributed by atoms with Crippen molar-refractivity contribution in [2.24, 2.45) is 0 Å². The molecule has 7 nitrogen and oxygen atoms in total. The molecule has 0 fully saturated rings. The molecule has 0 unspecified atom stereocenters. The number of carbonyl (C=O) groups excluding carboxylic acids is 2. The van der Waals surface area contributed by atoms with E-state index in [-0.39, 0.29) is 18.1 Å². The summed E-state index contributed by atoms with van der Waals surface area (Å²) in [4.78, 5) is 24.5. The van der Waals surface area contributed by atoms with Crippen molar-refractivity contribution in [1.82, 2.24) is 0 Å². The third-order valence-electron chi connectivity index (χ3n) is 4.59. The average Bonchev–Trinajstić information content (AvgIpc) is 2.83. The van der Waals surface area contributed by atoms with Crippen molar-refractivity contribution in [1.29, 1.82) is 5.26 Å². The molecule has 0 saturated carbocycles. The summed E-state index contributed by atoms with van der Waals surface area (Å²) < 4.78 is 10.6. The molecule has 0 aromatic heterocycles. The highest BCUT2D eigenvalue weighted by molar-refractivity contribution is 6.09. The van der Waals surface area contributed by atoms with Gasteiger partial charge in [-0.05, 0) is 55.0 Å². The fourth-order valence-electron chi connectivity index (χ4n) is 2.86. The number of hydrogen-bond donors (Lipinski definition) is 2. The Bertz CT molecular complexity index is 1190. The number of aryl methyl sites for hydroxylation is 1. The summed E-state index contributed by atoms with van der Waals surface area (Å²) in [7, 11) is 1.53. The van der Waals surface area contributed by atoms with E-state index in [1.54, 1.807) is 48.5 Å². The van der Waals surface area contributed by atoms with Crippen LogP contribution in [0.15, 0.2) is 78.4 Å². The topological polar surface area (TPSA) is 100 Å². The summed E-state index contributed by atoms with van der Waals surface area (Å²) in [6.45, 7) is 1.83. The Morgan fingerprint density at radius 2 is 1.67 bits per heavy atom. The van der Waals surface area contributed by atoms with Gasteiger partial charge < -0.3 is 20.1 Å². The first kappa shape index (κ1) is 23.1. The molecule has 7 heteroatoms. The quantitative estimate of drug-likeness (QED) is 0.394. The maximum atomic E-state index is 12.4. The molecule has 0 saturated heterocycles. The highest BCUT2D eigenvalue weighted by Crippen LogP contribution is 2.19. The van der Waals surface area contributed by atoms with E-state index in [1.165, 1.54) is 13.2 Å². The Labute approximate surface area is 192 Å². The molecule has 0 radical (unpaired) electrons. The number of nitrogens with zero attached hydrogens (tertiary/aromatic N) is 1. The van der Waals surface area contributed by atoms with Crippen LogP contribution in [0.2, 0.25) is 0 Å². The lowest BCUT2D eigenvalue weighted by Crippen LogP contribution is -2.20. The lowest BCUT2D eigenvalue weighted by molar-refractivity contribution is -0.118. The van der Waals surface area contributed by atoms with Gasteiger partial charge in [-0.25, -0.2) is 0 Å². The molecule has 166 valence electrons. The molecule has 3 rings (SSSR count). The van der Waals surface area contributed by atoms with Crippen molar-refractivity contribution in [2.45, 2.75) is 6.92 Å². The number of nitrogens with one attached hydrogen (secondary N) is 2. The summed E-state index contributed by atoms with van der Waals surface area (Å²) in [5.41, 5.74) is 2.92. The van der Waals surface area contributed by atoms with Gasteiger partial charge in [-0.1, -0.05) is 35.9 Å². The fourth-order valence-corrected chi connectivity index (χ4v) is 2.86. The summed E-state index contributed by atoms with van der Waals surface area (Å²) >= 11 is 0. The zero-order valence-electron chi connectivity index (χ0n) is 18.3.